The number of nitrogens with zero attached hydrogens (tertiary/aromatic N) is 3. The second-order valence-electron chi connectivity index (χ2n) is 3.86. The highest BCUT2D eigenvalue weighted by Crippen LogP contribution is 1.95. The summed E-state index contributed by atoms with van der Waals surface area (Å²) in [5, 5.41) is 16.9. The molecule has 0 aliphatic heterocycles. The maximum absolute atomic E-state index is 11.9. The lowest BCUT2D eigenvalue weighted by molar-refractivity contribution is 0.146. The predicted octanol–water partition coefficient (Wildman–Crippen LogP) is -0.534. The standard InChI is InChI=1S/C11H16N4O2/c1-2-12-7-9(16)8-15-11(17)14-6-4-3-5-10(14)13-15/h3-6,9,12,16H,2,7-8H2,1H3. The van der Waals surface area contributed by atoms with E-state index in [-0.39, 0.29) is 12.2 Å². The van der Waals surface area contributed by atoms with Crippen LogP contribution in [0.4, 0.5) is 0 Å². The molecule has 1 atom stereocenters. The minimum atomic E-state index is -0.613. The highest BCUT2D eigenvalue weighted by Gasteiger charge is 2.10. The van der Waals surface area contributed by atoms with E-state index in [2.05, 4.69) is 10.4 Å². The van der Waals surface area contributed by atoms with Gasteiger partial charge in [0, 0.05) is 12.7 Å². The fourth-order valence-corrected chi connectivity index (χ4v) is 1.66. The van der Waals surface area contributed by atoms with Crippen LogP contribution in [0.15, 0.2) is 29.2 Å². The zero-order valence-electron chi connectivity index (χ0n) is 9.71. The molecule has 6 nitrogen and oxygen atoms in total. The van der Waals surface area contributed by atoms with Crippen LogP contribution in [0.2, 0.25) is 0 Å². The Morgan fingerprint density at radius 1 is 1.53 bits per heavy atom. The molecule has 0 bridgehead atoms. The molecule has 2 N–H and O–H groups in total. The first-order chi connectivity index (χ1) is 8.22. The molecule has 0 aliphatic carbocycles. The quantitative estimate of drug-likeness (QED) is 0.732. The van der Waals surface area contributed by atoms with Crippen molar-refractivity contribution in [1.29, 1.82) is 0 Å². The molecule has 0 aliphatic rings. The molecular weight excluding hydrogens is 220 g/mol. The molecule has 0 spiro atoms. The van der Waals surface area contributed by atoms with Gasteiger partial charge in [0.05, 0.1) is 12.6 Å². The van der Waals surface area contributed by atoms with Gasteiger partial charge < -0.3 is 10.4 Å². The van der Waals surface area contributed by atoms with Gasteiger partial charge in [-0.15, -0.1) is 5.10 Å². The lowest BCUT2D eigenvalue weighted by Crippen LogP contribution is -2.34. The van der Waals surface area contributed by atoms with Crippen molar-refractivity contribution in [3.8, 4) is 0 Å². The van der Waals surface area contributed by atoms with Crippen LogP contribution in [0.25, 0.3) is 5.65 Å². The number of aliphatic hydroxyl groups excluding tert-OH is 1. The molecule has 0 saturated heterocycles. The summed E-state index contributed by atoms with van der Waals surface area (Å²) >= 11 is 0. The summed E-state index contributed by atoms with van der Waals surface area (Å²) in [5.41, 5.74) is 0.365. The summed E-state index contributed by atoms with van der Waals surface area (Å²) in [4.78, 5) is 11.9. The van der Waals surface area contributed by atoms with Crippen LogP contribution in [0.1, 0.15) is 6.92 Å². The van der Waals surface area contributed by atoms with Gasteiger partial charge in [-0.25, -0.2) is 9.48 Å². The van der Waals surface area contributed by atoms with Gasteiger partial charge in [-0.1, -0.05) is 13.0 Å². The highest BCUT2D eigenvalue weighted by molar-refractivity contribution is 5.35. The third-order valence-electron chi connectivity index (χ3n) is 2.50. The normalized spacial score (nSPS) is 13.1. The van der Waals surface area contributed by atoms with E-state index >= 15 is 0 Å². The van der Waals surface area contributed by atoms with Crippen LogP contribution in [0.5, 0.6) is 0 Å². The lowest BCUT2D eigenvalue weighted by atomic mass is 10.3. The van der Waals surface area contributed by atoms with Crippen molar-refractivity contribution in [2.75, 3.05) is 13.1 Å². The Morgan fingerprint density at radius 3 is 3.06 bits per heavy atom. The molecule has 0 amide bonds. The Hall–Kier alpha value is -1.66. The zero-order valence-corrected chi connectivity index (χ0v) is 9.71. The summed E-state index contributed by atoms with van der Waals surface area (Å²) in [7, 11) is 0. The molecule has 0 aromatic carbocycles. The first kappa shape index (κ1) is 11.8. The first-order valence-electron chi connectivity index (χ1n) is 5.65. The van der Waals surface area contributed by atoms with E-state index in [1.807, 2.05) is 13.0 Å². The van der Waals surface area contributed by atoms with Crippen LogP contribution in [-0.2, 0) is 6.54 Å². The van der Waals surface area contributed by atoms with Crippen LogP contribution in [0, 0.1) is 0 Å². The van der Waals surface area contributed by atoms with Crippen molar-refractivity contribution in [3.05, 3.63) is 34.9 Å². The minimum Gasteiger partial charge on any atom is -0.390 e. The van der Waals surface area contributed by atoms with Crippen molar-refractivity contribution < 1.29 is 5.11 Å². The van der Waals surface area contributed by atoms with E-state index in [9.17, 15) is 9.90 Å². The third kappa shape index (κ3) is 2.54. The SMILES string of the molecule is CCNCC(O)Cn1nc2ccccn2c1=O. The van der Waals surface area contributed by atoms with E-state index in [0.717, 1.165) is 6.54 Å². The Balaban J connectivity index is 2.19. The number of aromatic nitrogens is 3. The maximum Gasteiger partial charge on any atom is 0.350 e. The largest absolute Gasteiger partial charge is 0.390 e. The summed E-state index contributed by atoms with van der Waals surface area (Å²) in [6, 6.07) is 5.35. The minimum absolute atomic E-state index is 0.202. The molecule has 92 valence electrons. The Bertz CT molecular complexity index is 546. The van der Waals surface area contributed by atoms with E-state index in [4.69, 9.17) is 0 Å². The van der Waals surface area contributed by atoms with Gasteiger partial charge in [-0.3, -0.25) is 4.40 Å². The fourth-order valence-electron chi connectivity index (χ4n) is 1.66. The van der Waals surface area contributed by atoms with E-state index in [0.29, 0.717) is 12.2 Å². The smallest absolute Gasteiger partial charge is 0.350 e. The van der Waals surface area contributed by atoms with Crippen LogP contribution < -0.4 is 11.0 Å². The summed E-state index contributed by atoms with van der Waals surface area (Å²) in [5.74, 6) is 0. The van der Waals surface area contributed by atoms with Gasteiger partial charge in [0.15, 0.2) is 5.65 Å². The summed E-state index contributed by atoms with van der Waals surface area (Å²) in [6.45, 7) is 3.41. The van der Waals surface area contributed by atoms with Crippen molar-refractivity contribution in [3.63, 3.8) is 0 Å². The summed E-state index contributed by atoms with van der Waals surface area (Å²) in [6.07, 6.45) is 1.05. The van der Waals surface area contributed by atoms with Crippen molar-refractivity contribution >= 4 is 5.65 Å². The molecule has 2 aromatic heterocycles. The maximum atomic E-state index is 11.9. The highest BCUT2D eigenvalue weighted by atomic mass is 16.3. The number of rotatable bonds is 5. The molecular formula is C11H16N4O2. The van der Waals surface area contributed by atoms with Gasteiger partial charge in [-0.05, 0) is 18.7 Å². The lowest BCUT2D eigenvalue weighted by Gasteiger charge is -2.09. The number of aliphatic hydroxyl groups is 1. The second kappa shape index (κ2) is 5.11. The van der Waals surface area contributed by atoms with E-state index in [1.165, 1.54) is 9.08 Å². The van der Waals surface area contributed by atoms with Crippen LogP contribution in [0.3, 0.4) is 0 Å². The Morgan fingerprint density at radius 2 is 2.35 bits per heavy atom. The van der Waals surface area contributed by atoms with Crippen molar-refractivity contribution in [2.24, 2.45) is 0 Å². The molecule has 0 saturated carbocycles. The number of pyridine rings is 1. The van der Waals surface area contributed by atoms with Crippen LogP contribution in [-0.4, -0.2) is 38.5 Å². The van der Waals surface area contributed by atoms with Gasteiger partial charge in [-0.2, -0.15) is 0 Å². The van der Waals surface area contributed by atoms with E-state index < -0.39 is 6.10 Å². The molecule has 2 heterocycles. The molecule has 6 heteroatoms. The predicted molar refractivity (Wildman–Crippen MR) is 64.0 cm³/mol. The number of hydrogen-bond donors (Lipinski definition) is 2. The van der Waals surface area contributed by atoms with Gasteiger partial charge in [0.1, 0.15) is 0 Å². The zero-order chi connectivity index (χ0) is 12.3. The second-order valence-corrected chi connectivity index (χ2v) is 3.86. The topological polar surface area (TPSA) is 71.6 Å². The average molecular weight is 236 g/mol. The van der Waals surface area contributed by atoms with Crippen molar-refractivity contribution in [1.82, 2.24) is 19.5 Å². The molecule has 0 radical (unpaired) electrons. The number of likely N-dealkylation sites (N-methyl/N-ethyl adjacent to an activating group) is 1. The first-order valence-corrected chi connectivity index (χ1v) is 5.65. The molecule has 17 heavy (non-hydrogen) atoms. The fraction of sp³-hybridized carbons (Fsp3) is 0.455. The Labute approximate surface area is 98.5 Å². The molecule has 2 aromatic rings. The summed E-state index contributed by atoms with van der Waals surface area (Å²) < 4.78 is 2.75. The van der Waals surface area contributed by atoms with Gasteiger partial charge in [0.25, 0.3) is 0 Å². The molecule has 0 fully saturated rings. The van der Waals surface area contributed by atoms with E-state index in [1.54, 1.807) is 18.3 Å². The Kier molecular flexibility index (Phi) is 3.55. The van der Waals surface area contributed by atoms with Crippen LogP contribution >= 0.6 is 0 Å². The van der Waals surface area contributed by atoms with Gasteiger partial charge in [0.2, 0.25) is 0 Å². The number of hydrogen-bond acceptors (Lipinski definition) is 4. The molecule has 1 unspecified atom stereocenters. The van der Waals surface area contributed by atoms with Gasteiger partial charge >= 0.3 is 5.69 Å². The number of fused-ring (bicyclic) bond motifs is 1. The molecule has 2 rings (SSSR count). The van der Waals surface area contributed by atoms with Crippen molar-refractivity contribution in [2.45, 2.75) is 19.6 Å². The third-order valence-corrected chi connectivity index (χ3v) is 2.50. The number of nitrogens with one attached hydrogen (secondary N) is 1. The average Bonchev–Trinajstić information content (AvgIpc) is 2.64. The monoisotopic (exact) mass is 236 g/mol.